The third kappa shape index (κ3) is 2.38. The van der Waals surface area contributed by atoms with E-state index >= 15 is 0 Å². The molecule has 1 aliphatic heterocycles. The molecule has 1 saturated heterocycles. The van der Waals surface area contributed by atoms with Gasteiger partial charge in [0.15, 0.2) is 0 Å². The van der Waals surface area contributed by atoms with Gasteiger partial charge in [0.05, 0.1) is 7.11 Å². The van der Waals surface area contributed by atoms with Crippen molar-refractivity contribution in [3.8, 4) is 5.75 Å². The van der Waals surface area contributed by atoms with Crippen molar-refractivity contribution >= 4 is 0 Å². The highest BCUT2D eigenvalue weighted by Gasteiger charge is 2.35. The summed E-state index contributed by atoms with van der Waals surface area (Å²) in [5, 5.41) is 0. The van der Waals surface area contributed by atoms with Crippen molar-refractivity contribution in [1.82, 2.24) is 4.90 Å². The van der Waals surface area contributed by atoms with E-state index in [1.165, 1.54) is 45.2 Å². The number of aryl methyl sites for hydroxylation is 1. The first-order valence-electron chi connectivity index (χ1n) is 7.74. The highest BCUT2D eigenvalue weighted by Crippen LogP contribution is 2.41. The van der Waals surface area contributed by atoms with Gasteiger partial charge in [-0.05, 0) is 74.4 Å². The normalized spacial score (nSPS) is 26.6. The Bertz CT molecular complexity index is 441. The van der Waals surface area contributed by atoms with Gasteiger partial charge in [0, 0.05) is 6.04 Å². The first-order valence-corrected chi connectivity index (χ1v) is 7.74. The van der Waals surface area contributed by atoms with Crippen LogP contribution in [0.25, 0.3) is 0 Å². The molecule has 1 heterocycles. The minimum absolute atomic E-state index is 0.735. The van der Waals surface area contributed by atoms with Crippen LogP contribution in [0.4, 0.5) is 0 Å². The lowest BCUT2D eigenvalue weighted by Crippen LogP contribution is -2.46. The fourth-order valence-electron chi connectivity index (χ4n) is 4.01. The van der Waals surface area contributed by atoms with Crippen molar-refractivity contribution in [3.05, 3.63) is 29.3 Å². The zero-order chi connectivity index (χ0) is 13.2. The van der Waals surface area contributed by atoms with Gasteiger partial charge in [0.25, 0.3) is 0 Å². The molecule has 2 heteroatoms. The molecule has 0 unspecified atom stereocenters. The number of hydrogen-bond donors (Lipinski definition) is 0. The van der Waals surface area contributed by atoms with Crippen molar-refractivity contribution in [2.45, 2.75) is 51.0 Å². The Kier molecular flexibility index (Phi) is 3.79. The van der Waals surface area contributed by atoms with Crippen molar-refractivity contribution in [3.63, 3.8) is 0 Å². The Morgan fingerprint density at radius 1 is 1.32 bits per heavy atom. The molecule has 1 aromatic carbocycles. The summed E-state index contributed by atoms with van der Waals surface area (Å²) in [6.07, 6.45) is 6.54. The molecule has 0 N–H and O–H groups in total. The maximum Gasteiger partial charge on any atom is 0.119 e. The molecule has 1 aliphatic carbocycles. The van der Waals surface area contributed by atoms with Gasteiger partial charge in [-0.25, -0.2) is 0 Å². The molecule has 2 nitrogen and oxygen atoms in total. The average Bonchev–Trinajstić information content (AvgIpc) is 2.47. The van der Waals surface area contributed by atoms with Crippen LogP contribution in [0, 0.1) is 0 Å². The predicted octanol–water partition coefficient (Wildman–Crippen LogP) is 3.60. The van der Waals surface area contributed by atoms with Crippen molar-refractivity contribution < 1.29 is 4.74 Å². The Labute approximate surface area is 116 Å². The van der Waals surface area contributed by atoms with Crippen molar-refractivity contribution in [2.24, 2.45) is 0 Å². The van der Waals surface area contributed by atoms with Crippen LogP contribution >= 0.6 is 0 Å². The molecular weight excluding hydrogens is 234 g/mol. The summed E-state index contributed by atoms with van der Waals surface area (Å²) in [4.78, 5) is 2.73. The van der Waals surface area contributed by atoms with Gasteiger partial charge in [-0.1, -0.05) is 13.0 Å². The molecule has 3 rings (SSSR count). The van der Waals surface area contributed by atoms with Crippen LogP contribution in [0.1, 0.15) is 49.7 Å². The number of benzene rings is 1. The summed E-state index contributed by atoms with van der Waals surface area (Å²) in [6, 6.07) is 7.46. The number of rotatable bonds is 3. The molecule has 104 valence electrons. The fraction of sp³-hybridized carbons (Fsp3) is 0.647. The first kappa shape index (κ1) is 13.0. The maximum absolute atomic E-state index is 5.42. The van der Waals surface area contributed by atoms with Gasteiger partial charge in [-0.15, -0.1) is 0 Å². The van der Waals surface area contributed by atoms with Crippen LogP contribution in [0.15, 0.2) is 18.2 Å². The number of nitrogens with zero attached hydrogens (tertiary/aromatic N) is 1. The summed E-state index contributed by atoms with van der Waals surface area (Å²) in [5.41, 5.74) is 3.12. The van der Waals surface area contributed by atoms with Crippen LogP contribution < -0.4 is 4.74 Å². The van der Waals surface area contributed by atoms with Crippen LogP contribution in [-0.2, 0) is 6.42 Å². The number of piperidine rings is 1. The van der Waals surface area contributed by atoms with Crippen LogP contribution in [0.3, 0.4) is 0 Å². The van der Waals surface area contributed by atoms with Crippen LogP contribution in [0.2, 0.25) is 0 Å². The van der Waals surface area contributed by atoms with Gasteiger partial charge < -0.3 is 4.74 Å². The molecule has 0 saturated carbocycles. The van der Waals surface area contributed by atoms with E-state index < -0.39 is 0 Å². The van der Waals surface area contributed by atoms with E-state index in [0.717, 1.165) is 17.7 Å². The van der Waals surface area contributed by atoms with E-state index in [1.54, 1.807) is 18.2 Å². The van der Waals surface area contributed by atoms with Gasteiger partial charge >= 0.3 is 0 Å². The van der Waals surface area contributed by atoms with Crippen LogP contribution in [-0.4, -0.2) is 31.1 Å². The van der Waals surface area contributed by atoms with Crippen molar-refractivity contribution in [1.29, 1.82) is 0 Å². The molecule has 0 spiro atoms. The van der Waals surface area contributed by atoms with Gasteiger partial charge in [-0.3, -0.25) is 4.90 Å². The number of hydrogen-bond acceptors (Lipinski definition) is 2. The number of likely N-dealkylation sites (tertiary alicyclic amines) is 1. The van der Waals surface area contributed by atoms with E-state index in [4.69, 9.17) is 4.74 Å². The minimum Gasteiger partial charge on any atom is -0.497 e. The molecule has 2 atom stereocenters. The lowest BCUT2D eigenvalue weighted by Gasteiger charge is -2.45. The number of fused-ring (bicyclic) bond motifs is 3. The maximum atomic E-state index is 5.42. The van der Waals surface area contributed by atoms with E-state index in [9.17, 15) is 0 Å². The summed E-state index contributed by atoms with van der Waals surface area (Å²) in [6.45, 7) is 4.86. The second-order valence-corrected chi connectivity index (χ2v) is 5.96. The van der Waals surface area contributed by atoms with Gasteiger partial charge in [-0.2, -0.15) is 0 Å². The quantitative estimate of drug-likeness (QED) is 0.822. The van der Waals surface area contributed by atoms with E-state index in [1.807, 2.05) is 0 Å². The van der Waals surface area contributed by atoms with Gasteiger partial charge in [0.2, 0.25) is 0 Å². The number of ether oxygens (including phenoxy) is 1. The highest BCUT2D eigenvalue weighted by molar-refractivity contribution is 5.41. The number of methoxy groups -OCH3 is 1. The lowest BCUT2D eigenvalue weighted by molar-refractivity contribution is 0.112. The summed E-state index contributed by atoms with van der Waals surface area (Å²) < 4.78 is 5.42. The Morgan fingerprint density at radius 2 is 2.21 bits per heavy atom. The monoisotopic (exact) mass is 259 g/mol. The topological polar surface area (TPSA) is 12.5 Å². The third-order valence-electron chi connectivity index (χ3n) is 4.87. The van der Waals surface area contributed by atoms with E-state index in [0.29, 0.717) is 0 Å². The zero-order valence-electron chi connectivity index (χ0n) is 12.2. The summed E-state index contributed by atoms with van der Waals surface area (Å²) in [7, 11) is 1.77. The SMILES string of the molecule is CCCN1CCC[C@H]2c3cc(OC)ccc3CC[C@H]21. The minimum atomic E-state index is 0.735. The smallest absolute Gasteiger partial charge is 0.119 e. The Balaban J connectivity index is 1.90. The first-order chi connectivity index (χ1) is 9.33. The molecule has 0 bridgehead atoms. The molecule has 0 amide bonds. The highest BCUT2D eigenvalue weighted by atomic mass is 16.5. The van der Waals surface area contributed by atoms with Crippen LogP contribution in [0.5, 0.6) is 5.75 Å². The summed E-state index contributed by atoms with van der Waals surface area (Å²) >= 11 is 0. The molecule has 19 heavy (non-hydrogen) atoms. The lowest BCUT2D eigenvalue weighted by atomic mass is 9.74. The van der Waals surface area contributed by atoms with Crippen molar-refractivity contribution in [2.75, 3.05) is 20.2 Å². The Hall–Kier alpha value is -1.02. The van der Waals surface area contributed by atoms with E-state index in [-0.39, 0.29) is 0 Å². The largest absolute Gasteiger partial charge is 0.497 e. The zero-order valence-corrected chi connectivity index (χ0v) is 12.2. The third-order valence-corrected chi connectivity index (χ3v) is 4.87. The molecule has 0 aromatic heterocycles. The predicted molar refractivity (Wildman–Crippen MR) is 78.9 cm³/mol. The molecule has 0 radical (unpaired) electrons. The average molecular weight is 259 g/mol. The van der Waals surface area contributed by atoms with Gasteiger partial charge in [0.1, 0.15) is 5.75 Å². The second kappa shape index (κ2) is 5.54. The summed E-state index contributed by atoms with van der Waals surface area (Å²) in [5.74, 6) is 1.76. The Morgan fingerprint density at radius 3 is 3.00 bits per heavy atom. The molecule has 2 aliphatic rings. The fourth-order valence-corrected chi connectivity index (χ4v) is 4.01. The second-order valence-electron chi connectivity index (χ2n) is 5.96. The van der Waals surface area contributed by atoms with E-state index in [2.05, 4.69) is 30.0 Å². The molecular formula is C17H25NO. The molecule has 1 fully saturated rings. The standard InChI is InChI=1S/C17H25NO/c1-3-10-18-11-4-5-15-16-12-14(19-2)8-6-13(16)7-9-17(15)18/h6,8,12,15,17H,3-5,7,9-11H2,1-2H3/t15-,17+/m0/s1. The molecule has 1 aromatic rings.